The summed E-state index contributed by atoms with van der Waals surface area (Å²) in [4.78, 5) is 31.6. The number of carbonyl (C=O) groups excluding carboxylic acids is 2. The molecule has 2 aromatic rings. The first-order valence-corrected chi connectivity index (χ1v) is 11.1. The topological polar surface area (TPSA) is 53.1 Å². The predicted octanol–water partition coefficient (Wildman–Crippen LogP) is 2.70. The number of thioether (sulfide) groups is 1. The lowest BCUT2D eigenvalue weighted by molar-refractivity contribution is -0.125. The van der Waals surface area contributed by atoms with Crippen LogP contribution >= 0.6 is 11.8 Å². The number of hydrogen-bond acceptors (Lipinski definition) is 5. The highest BCUT2D eigenvalue weighted by Crippen LogP contribution is 2.24. The van der Waals surface area contributed by atoms with Crippen LogP contribution in [0.1, 0.15) is 10.4 Å². The molecule has 0 aromatic heterocycles. The van der Waals surface area contributed by atoms with E-state index in [2.05, 4.69) is 4.90 Å². The molecular formula is C23H29N3O3S. The van der Waals surface area contributed by atoms with Gasteiger partial charge in [-0.2, -0.15) is 0 Å². The Labute approximate surface area is 182 Å². The first-order valence-electron chi connectivity index (χ1n) is 10.2. The maximum atomic E-state index is 13.1. The van der Waals surface area contributed by atoms with Crippen LogP contribution in [0, 0.1) is 0 Å². The van der Waals surface area contributed by atoms with Gasteiger partial charge >= 0.3 is 0 Å². The number of ether oxygens (including phenoxy) is 1. The van der Waals surface area contributed by atoms with E-state index < -0.39 is 0 Å². The summed E-state index contributed by atoms with van der Waals surface area (Å²) in [6.45, 7) is 4.53. The average Bonchev–Trinajstić information content (AvgIpc) is 2.78. The average molecular weight is 428 g/mol. The maximum Gasteiger partial charge on any atom is 0.255 e. The summed E-state index contributed by atoms with van der Waals surface area (Å²) in [6, 6.07) is 17.4. The molecule has 2 aromatic carbocycles. The molecule has 160 valence electrons. The normalized spacial score (nSPS) is 14.4. The molecule has 0 unspecified atom stereocenters. The van der Waals surface area contributed by atoms with Crippen LogP contribution in [-0.2, 0) is 4.79 Å². The smallest absolute Gasteiger partial charge is 0.255 e. The van der Waals surface area contributed by atoms with Crippen molar-refractivity contribution in [2.75, 3.05) is 59.2 Å². The lowest BCUT2D eigenvalue weighted by Gasteiger charge is -2.35. The van der Waals surface area contributed by atoms with Gasteiger partial charge in [0.2, 0.25) is 5.91 Å². The van der Waals surface area contributed by atoms with Crippen LogP contribution in [0.25, 0.3) is 0 Å². The second-order valence-electron chi connectivity index (χ2n) is 7.37. The number of piperazine rings is 1. The largest absolute Gasteiger partial charge is 0.492 e. The van der Waals surface area contributed by atoms with E-state index in [1.807, 2.05) is 59.5 Å². The molecule has 0 aliphatic carbocycles. The van der Waals surface area contributed by atoms with Gasteiger partial charge in [-0.15, -0.1) is 11.8 Å². The Bertz CT molecular complexity index is 837. The highest BCUT2D eigenvalue weighted by molar-refractivity contribution is 8.00. The maximum absolute atomic E-state index is 13.1. The third-order valence-electron chi connectivity index (χ3n) is 5.05. The summed E-state index contributed by atoms with van der Waals surface area (Å²) < 4.78 is 5.78. The van der Waals surface area contributed by atoms with Gasteiger partial charge in [0.25, 0.3) is 5.91 Å². The van der Waals surface area contributed by atoms with Crippen molar-refractivity contribution in [3.8, 4) is 5.75 Å². The molecule has 0 bridgehead atoms. The van der Waals surface area contributed by atoms with Crippen LogP contribution in [0.4, 0.5) is 0 Å². The molecule has 0 atom stereocenters. The van der Waals surface area contributed by atoms with Crippen LogP contribution in [-0.4, -0.2) is 85.7 Å². The summed E-state index contributed by atoms with van der Waals surface area (Å²) in [5, 5.41) is 0. The van der Waals surface area contributed by atoms with Crippen molar-refractivity contribution in [1.82, 2.24) is 14.7 Å². The number of amides is 2. The minimum absolute atomic E-state index is 0.0357. The second kappa shape index (κ2) is 11.0. The van der Waals surface area contributed by atoms with E-state index in [1.54, 1.807) is 19.0 Å². The molecule has 3 rings (SSSR count). The number of benzene rings is 2. The molecule has 0 spiro atoms. The summed E-state index contributed by atoms with van der Waals surface area (Å²) in [5.74, 6) is 1.28. The second-order valence-corrected chi connectivity index (χ2v) is 8.39. The highest BCUT2D eigenvalue weighted by Gasteiger charge is 2.24. The minimum Gasteiger partial charge on any atom is -0.492 e. The van der Waals surface area contributed by atoms with Crippen molar-refractivity contribution < 1.29 is 14.3 Å². The van der Waals surface area contributed by atoms with E-state index in [1.165, 1.54) is 11.8 Å². The zero-order valence-electron chi connectivity index (χ0n) is 17.6. The molecule has 1 heterocycles. The Kier molecular flexibility index (Phi) is 8.16. The van der Waals surface area contributed by atoms with E-state index in [-0.39, 0.29) is 11.8 Å². The first kappa shape index (κ1) is 22.2. The molecule has 1 aliphatic rings. The Morgan fingerprint density at radius 1 is 0.967 bits per heavy atom. The zero-order chi connectivity index (χ0) is 21.3. The van der Waals surface area contributed by atoms with Gasteiger partial charge < -0.3 is 14.5 Å². The van der Waals surface area contributed by atoms with Gasteiger partial charge in [0, 0.05) is 51.7 Å². The Morgan fingerprint density at radius 3 is 2.33 bits per heavy atom. The lowest BCUT2D eigenvalue weighted by Crippen LogP contribution is -2.49. The van der Waals surface area contributed by atoms with Crippen molar-refractivity contribution in [2.45, 2.75) is 4.90 Å². The van der Waals surface area contributed by atoms with Gasteiger partial charge in [-0.25, -0.2) is 0 Å². The number of para-hydroxylation sites is 1. The van der Waals surface area contributed by atoms with Gasteiger partial charge in [-0.05, 0) is 24.3 Å². The molecule has 30 heavy (non-hydrogen) atoms. The van der Waals surface area contributed by atoms with Gasteiger partial charge in [0.1, 0.15) is 12.4 Å². The van der Waals surface area contributed by atoms with Crippen molar-refractivity contribution in [1.29, 1.82) is 0 Å². The Morgan fingerprint density at radius 2 is 1.63 bits per heavy atom. The Balaban J connectivity index is 1.48. The SMILES string of the molecule is CN(C)C(=O)CSc1ccccc1C(=O)N1CCN(CCOc2ccccc2)CC1. The van der Waals surface area contributed by atoms with E-state index in [9.17, 15) is 9.59 Å². The van der Waals surface area contributed by atoms with Crippen LogP contribution in [0.2, 0.25) is 0 Å². The molecule has 7 heteroatoms. The van der Waals surface area contributed by atoms with Gasteiger partial charge in [-0.1, -0.05) is 30.3 Å². The molecule has 2 amide bonds. The molecule has 0 radical (unpaired) electrons. The Hall–Kier alpha value is -2.51. The quantitative estimate of drug-likeness (QED) is 0.607. The van der Waals surface area contributed by atoms with Crippen LogP contribution in [0.3, 0.4) is 0 Å². The monoisotopic (exact) mass is 427 g/mol. The third kappa shape index (κ3) is 6.24. The fourth-order valence-electron chi connectivity index (χ4n) is 3.19. The molecule has 1 saturated heterocycles. The number of hydrogen-bond donors (Lipinski definition) is 0. The van der Waals surface area contributed by atoms with Crippen molar-refractivity contribution in [3.63, 3.8) is 0 Å². The first-order chi connectivity index (χ1) is 14.5. The number of nitrogens with zero attached hydrogens (tertiary/aromatic N) is 3. The van der Waals surface area contributed by atoms with E-state index in [4.69, 9.17) is 4.74 Å². The fraction of sp³-hybridized carbons (Fsp3) is 0.391. The number of carbonyl (C=O) groups is 2. The van der Waals surface area contributed by atoms with Gasteiger partial charge in [-0.3, -0.25) is 14.5 Å². The third-order valence-corrected chi connectivity index (χ3v) is 6.10. The fourth-order valence-corrected chi connectivity index (χ4v) is 4.21. The summed E-state index contributed by atoms with van der Waals surface area (Å²) in [5.41, 5.74) is 0.676. The van der Waals surface area contributed by atoms with Crippen molar-refractivity contribution >= 4 is 23.6 Å². The van der Waals surface area contributed by atoms with E-state index in [0.29, 0.717) is 31.0 Å². The summed E-state index contributed by atoms with van der Waals surface area (Å²) in [6.07, 6.45) is 0. The van der Waals surface area contributed by atoms with Crippen LogP contribution in [0.15, 0.2) is 59.5 Å². The molecule has 1 fully saturated rings. The molecular weight excluding hydrogens is 398 g/mol. The van der Waals surface area contributed by atoms with Crippen molar-refractivity contribution in [3.05, 3.63) is 60.2 Å². The van der Waals surface area contributed by atoms with Crippen LogP contribution < -0.4 is 4.74 Å². The molecule has 0 saturated carbocycles. The number of rotatable bonds is 8. The van der Waals surface area contributed by atoms with E-state index >= 15 is 0 Å². The van der Waals surface area contributed by atoms with Crippen LogP contribution in [0.5, 0.6) is 5.75 Å². The van der Waals surface area contributed by atoms with E-state index in [0.717, 1.165) is 30.3 Å². The van der Waals surface area contributed by atoms with Crippen molar-refractivity contribution in [2.24, 2.45) is 0 Å². The standard InChI is InChI=1S/C23H29N3O3S/c1-24(2)22(27)18-30-21-11-7-6-10-20(21)23(28)26-14-12-25(13-15-26)16-17-29-19-8-4-3-5-9-19/h3-11H,12-18H2,1-2H3. The zero-order valence-corrected chi connectivity index (χ0v) is 18.4. The molecule has 6 nitrogen and oxygen atoms in total. The predicted molar refractivity (Wildman–Crippen MR) is 120 cm³/mol. The summed E-state index contributed by atoms with van der Waals surface area (Å²) in [7, 11) is 3.48. The lowest BCUT2D eigenvalue weighted by atomic mass is 10.2. The minimum atomic E-state index is 0.0357. The van der Waals surface area contributed by atoms with Gasteiger partial charge in [0.05, 0.1) is 11.3 Å². The molecule has 0 N–H and O–H groups in total. The highest BCUT2D eigenvalue weighted by atomic mass is 32.2. The molecule has 1 aliphatic heterocycles. The summed E-state index contributed by atoms with van der Waals surface area (Å²) >= 11 is 1.42. The van der Waals surface area contributed by atoms with Gasteiger partial charge in [0.15, 0.2) is 0 Å².